The van der Waals surface area contributed by atoms with E-state index in [4.69, 9.17) is 5.73 Å². The minimum Gasteiger partial charge on any atom is -0.370 e. The van der Waals surface area contributed by atoms with Crippen LogP contribution in [0.1, 0.15) is 46.0 Å². The van der Waals surface area contributed by atoms with Crippen molar-refractivity contribution in [2.75, 3.05) is 19.6 Å². The summed E-state index contributed by atoms with van der Waals surface area (Å²) in [7, 11) is 0. The van der Waals surface area contributed by atoms with Gasteiger partial charge in [0.05, 0.1) is 0 Å². The van der Waals surface area contributed by atoms with Crippen molar-refractivity contribution in [2.24, 2.45) is 16.6 Å². The first kappa shape index (κ1) is 16.0. The Morgan fingerprint density at radius 2 is 1.75 bits per heavy atom. The zero-order valence-corrected chi connectivity index (χ0v) is 12.9. The van der Waals surface area contributed by atoms with Crippen LogP contribution in [0.15, 0.2) is 4.99 Å². The quantitative estimate of drug-likeness (QED) is 0.488. The first-order chi connectivity index (χ1) is 7.20. The maximum absolute atomic E-state index is 5.98. The molecule has 1 heterocycles. The topological polar surface area (TPSA) is 41.6 Å². The minimum atomic E-state index is 0. The maximum Gasteiger partial charge on any atom is 0.191 e. The molecule has 0 amide bonds. The second-order valence-corrected chi connectivity index (χ2v) is 4.82. The van der Waals surface area contributed by atoms with Crippen molar-refractivity contribution in [1.29, 1.82) is 0 Å². The second kappa shape index (κ2) is 9.07. The number of aliphatic imine (C=N–C) groups is 1. The molecule has 0 saturated carbocycles. The Bertz CT molecular complexity index is 196. The Hall–Kier alpha value is 0. The van der Waals surface area contributed by atoms with E-state index in [1.165, 1.54) is 25.7 Å². The number of hydrogen-bond acceptors (Lipinski definition) is 1. The highest BCUT2D eigenvalue weighted by atomic mass is 127. The molecule has 1 aliphatic rings. The van der Waals surface area contributed by atoms with Gasteiger partial charge in [0, 0.05) is 19.6 Å². The SMILES string of the molecule is CC(C)CCN=C(N)N1CCCCCC1.I. The van der Waals surface area contributed by atoms with E-state index in [-0.39, 0.29) is 24.0 Å². The van der Waals surface area contributed by atoms with Crippen LogP contribution in [0.5, 0.6) is 0 Å². The van der Waals surface area contributed by atoms with Crippen LogP contribution in [0.3, 0.4) is 0 Å². The average Bonchev–Trinajstić information content (AvgIpc) is 2.44. The molecule has 0 aromatic heterocycles. The van der Waals surface area contributed by atoms with Gasteiger partial charge in [-0.2, -0.15) is 0 Å². The molecule has 0 atom stereocenters. The molecule has 3 nitrogen and oxygen atoms in total. The highest BCUT2D eigenvalue weighted by molar-refractivity contribution is 14.0. The number of halogens is 1. The van der Waals surface area contributed by atoms with Gasteiger partial charge in [-0.25, -0.2) is 0 Å². The van der Waals surface area contributed by atoms with Crippen molar-refractivity contribution in [3.63, 3.8) is 0 Å². The molecule has 0 aromatic rings. The molecule has 0 radical (unpaired) electrons. The standard InChI is InChI=1S/C12H25N3.HI/c1-11(2)7-8-14-12(13)15-9-5-3-4-6-10-15;/h11H,3-10H2,1-2H3,(H2,13,14);1H. The van der Waals surface area contributed by atoms with Crippen molar-refractivity contribution in [3.05, 3.63) is 0 Å². The molecule has 1 saturated heterocycles. The molecule has 0 bridgehead atoms. The summed E-state index contributed by atoms with van der Waals surface area (Å²) in [4.78, 5) is 6.69. The third-order valence-corrected chi connectivity index (χ3v) is 2.91. The summed E-state index contributed by atoms with van der Waals surface area (Å²) < 4.78 is 0. The van der Waals surface area contributed by atoms with Crippen LogP contribution < -0.4 is 5.73 Å². The molecular weight excluding hydrogens is 313 g/mol. The third kappa shape index (κ3) is 6.55. The Labute approximate surface area is 117 Å². The summed E-state index contributed by atoms with van der Waals surface area (Å²) in [5.74, 6) is 1.48. The largest absolute Gasteiger partial charge is 0.370 e. The summed E-state index contributed by atoms with van der Waals surface area (Å²) >= 11 is 0. The molecule has 0 spiro atoms. The van der Waals surface area contributed by atoms with Gasteiger partial charge in [-0.15, -0.1) is 24.0 Å². The van der Waals surface area contributed by atoms with E-state index in [0.29, 0.717) is 5.92 Å². The van der Waals surface area contributed by atoms with E-state index in [1.807, 2.05) is 0 Å². The zero-order chi connectivity index (χ0) is 11.1. The molecule has 0 aromatic carbocycles. The van der Waals surface area contributed by atoms with Gasteiger partial charge in [0.2, 0.25) is 0 Å². The number of nitrogens with zero attached hydrogens (tertiary/aromatic N) is 2. The monoisotopic (exact) mass is 339 g/mol. The van der Waals surface area contributed by atoms with E-state index in [0.717, 1.165) is 32.0 Å². The first-order valence-corrected chi connectivity index (χ1v) is 6.25. The molecule has 1 aliphatic heterocycles. The minimum absolute atomic E-state index is 0. The van der Waals surface area contributed by atoms with Crippen LogP contribution in [-0.4, -0.2) is 30.5 Å². The number of nitrogens with two attached hydrogens (primary N) is 1. The number of rotatable bonds is 3. The van der Waals surface area contributed by atoms with Gasteiger partial charge in [-0.3, -0.25) is 4.99 Å². The van der Waals surface area contributed by atoms with Gasteiger partial charge in [-0.05, 0) is 25.2 Å². The fourth-order valence-corrected chi connectivity index (χ4v) is 1.84. The van der Waals surface area contributed by atoms with Crippen molar-refractivity contribution >= 4 is 29.9 Å². The molecule has 0 unspecified atom stereocenters. The average molecular weight is 339 g/mol. The smallest absolute Gasteiger partial charge is 0.191 e. The van der Waals surface area contributed by atoms with Gasteiger partial charge >= 0.3 is 0 Å². The lowest BCUT2D eigenvalue weighted by Crippen LogP contribution is -2.38. The van der Waals surface area contributed by atoms with E-state index in [1.54, 1.807) is 0 Å². The van der Waals surface area contributed by atoms with E-state index >= 15 is 0 Å². The van der Waals surface area contributed by atoms with E-state index < -0.39 is 0 Å². The third-order valence-electron chi connectivity index (χ3n) is 2.91. The van der Waals surface area contributed by atoms with Crippen LogP contribution in [-0.2, 0) is 0 Å². The summed E-state index contributed by atoms with van der Waals surface area (Å²) in [5, 5.41) is 0. The van der Waals surface area contributed by atoms with Crippen molar-refractivity contribution < 1.29 is 0 Å². The molecule has 16 heavy (non-hydrogen) atoms. The predicted octanol–water partition coefficient (Wildman–Crippen LogP) is 2.84. The van der Waals surface area contributed by atoms with Crippen LogP contribution in [0, 0.1) is 5.92 Å². The van der Waals surface area contributed by atoms with Crippen LogP contribution in [0.2, 0.25) is 0 Å². The fraction of sp³-hybridized carbons (Fsp3) is 0.917. The van der Waals surface area contributed by atoms with E-state index in [9.17, 15) is 0 Å². The molecular formula is C12H26IN3. The number of guanidine groups is 1. The number of hydrogen-bond donors (Lipinski definition) is 1. The Balaban J connectivity index is 0.00000225. The summed E-state index contributed by atoms with van der Waals surface area (Å²) in [6, 6.07) is 0. The Kier molecular flexibility index (Phi) is 9.07. The highest BCUT2D eigenvalue weighted by Crippen LogP contribution is 2.09. The van der Waals surface area contributed by atoms with Crippen molar-refractivity contribution in [3.8, 4) is 0 Å². The van der Waals surface area contributed by atoms with Gasteiger partial charge in [0.1, 0.15) is 0 Å². The molecule has 2 N–H and O–H groups in total. The summed E-state index contributed by atoms with van der Waals surface area (Å²) in [6.45, 7) is 7.50. The second-order valence-electron chi connectivity index (χ2n) is 4.82. The molecule has 0 aliphatic carbocycles. The Morgan fingerprint density at radius 1 is 1.19 bits per heavy atom. The van der Waals surface area contributed by atoms with E-state index in [2.05, 4.69) is 23.7 Å². The molecule has 4 heteroatoms. The number of likely N-dealkylation sites (tertiary alicyclic amines) is 1. The van der Waals surface area contributed by atoms with Gasteiger partial charge in [-0.1, -0.05) is 26.7 Å². The summed E-state index contributed by atoms with van der Waals surface area (Å²) in [6.07, 6.45) is 6.35. The lowest BCUT2D eigenvalue weighted by Gasteiger charge is -2.21. The van der Waals surface area contributed by atoms with Crippen molar-refractivity contribution in [2.45, 2.75) is 46.0 Å². The van der Waals surface area contributed by atoms with Gasteiger partial charge in [0.15, 0.2) is 5.96 Å². The molecule has 1 rings (SSSR count). The normalized spacial score (nSPS) is 18.2. The van der Waals surface area contributed by atoms with Gasteiger partial charge < -0.3 is 10.6 Å². The first-order valence-electron chi connectivity index (χ1n) is 6.25. The molecule has 1 fully saturated rings. The predicted molar refractivity (Wildman–Crippen MR) is 81.4 cm³/mol. The van der Waals surface area contributed by atoms with Crippen LogP contribution >= 0.6 is 24.0 Å². The van der Waals surface area contributed by atoms with Crippen LogP contribution in [0.25, 0.3) is 0 Å². The highest BCUT2D eigenvalue weighted by Gasteiger charge is 2.10. The molecule has 96 valence electrons. The van der Waals surface area contributed by atoms with Crippen LogP contribution in [0.4, 0.5) is 0 Å². The van der Waals surface area contributed by atoms with Crippen molar-refractivity contribution in [1.82, 2.24) is 4.90 Å². The van der Waals surface area contributed by atoms with Gasteiger partial charge in [0.25, 0.3) is 0 Å². The lowest BCUT2D eigenvalue weighted by atomic mass is 10.1. The fourth-order valence-electron chi connectivity index (χ4n) is 1.84. The Morgan fingerprint density at radius 3 is 2.25 bits per heavy atom. The summed E-state index contributed by atoms with van der Waals surface area (Å²) in [5.41, 5.74) is 5.98. The lowest BCUT2D eigenvalue weighted by molar-refractivity contribution is 0.427. The zero-order valence-electron chi connectivity index (χ0n) is 10.6. The maximum atomic E-state index is 5.98.